The van der Waals surface area contributed by atoms with Crippen LogP contribution in [0.5, 0.6) is 0 Å². The fourth-order valence-corrected chi connectivity index (χ4v) is 11.1. The number of carbonyl (C=O) groups excluding carboxylic acids is 6. The molecule has 0 bridgehead atoms. The first-order chi connectivity index (χ1) is 30.6. The summed E-state index contributed by atoms with van der Waals surface area (Å²) in [4.78, 5) is 98.0. The predicted octanol–water partition coefficient (Wildman–Crippen LogP) is 3.69. The number of carbonyl (C=O) groups is 6. The smallest absolute Gasteiger partial charge is 0.320 e. The van der Waals surface area contributed by atoms with E-state index in [1.807, 2.05) is 18.2 Å². The zero-order valence-electron chi connectivity index (χ0n) is 35.5. The minimum Gasteiger partial charge on any atom is -0.371 e. The van der Waals surface area contributed by atoms with Crippen molar-refractivity contribution in [3.8, 4) is 0 Å². The number of urea groups is 1. The third-order valence-electron chi connectivity index (χ3n) is 14.5. The highest BCUT2D eigenvalue weighted by Gasteiger charge is 2.45. The van der Waals surface area contributed by atoms with Crippen LogP contribution in [0.15, 0.2) is 48.7 Å². The van der Waals surface area contributed by atoms with Crippen molar-refractivity contribution in [3.63, 3.8) is 0 Å². The number of nitrogens with two attached hydrogens (primary N) is 1. The fourth-order valence-electron chi connectivity index (χ4n) is 11.1. The number of piperidine rings is 4. The number of hydrogen-bond donors (Lipinski definition) is 3. The van der Waals surface area contributed by atoms with Crippen molar-refractivity contribution < 1.29 is 28.8 Å². The lowest BCUT2D eigenvalue weighted by atomic mass is 9.89. The number of primary amides is 1. The Balaban J connectivity index is 0.718. The van der Waals surface area contributed by atoms with Crippen LogP contribution in [0, 0.1) is 5.92 Å². The largest absolute Gasteiger partial charge is 0.371 e. The first-order valence-electron chi connectivity index (χ1n) is 22.8. The third-order valence-corrected chi connectivity index (χ3v) is 14.5. The number of benzene rings is 2. The summed E-state index contributed by atoms with van der Waals surface area (Å²) in [5.74, 6) is -0.751. The molecule has 10 rings (SSSR count). The molecule has 0 radical (unpaired) electrons. The Kier molecular flexibility index (Phi) is 11.0. The first kappa shape index (κ1) is 40.9. The molecule has 17 nitrogen and oxygen atoms in total. The van der Waals surface area contributed by atoms with Crippen molar-refractivity contribution >= 4 is 58.6 Å². The van der Waals surface area contributed by atoms with E-state index in [-0.39, 0.29) is 30.6 Å². The molecule has 1 aromatic heterocycles. The zero-order valence-corrected chi connectivity index (χ0v) is 35.5. The molecular formula is C46H55N11O6. The molecule has 4 N–H and O–H groups in total. The van der Waals surface area contributed by atoms with Crippen LogP contribution in [0.1, 0.15) is 107 Å². The maximum atomic E-state index is 13.4. The van der Waals surface area contributed by atoms with E-state index < -0.39 is 35.6 Å². The van der Waals surface area contributed by atoms with Crippen molar-refractivity contribution in [1.29, 1.82) is 0 Å². The minimum absolute atomic E-state index is 0.0815. The number of hydrogen-bond acceptors (Lipinski definition) is 12. The highest BCUT2D eigenvalue weighted by molar-refractivity contribution is 6.23. The van der Waals surface area contributed by atoms with Crippen molar-refractivity contribution in [3.05, 3.63) is 71.0 Å². The maximum absolute atomic E-state index is 13.4. The highest BCUT2D eigenvalue weighted by Crippen LogP contribution is 2.35. The van der Waals surface area contributed by atoms with Crippen molar-refractivity contribution in [2.24, 2.45) is 11.7 Å². The van der Waals surface area contributed by atoms with Crippen LogP contribution < -0.4 is 26.2 Å². The molecule has 2 aromatic carbocycles. The highest BCUT2D eigenvalue weighted by atomic mass is 16.2. The Morgan fingerprint density at radius 3 is 2.32 bits per heavy atom. The number of aromatic nitrogens is 2. The SMILES string of the molecule is NC(=O)c1ncc(N2CCCC(N3CC4CCCCN4C3=O)C2)nc1Nc1ccc(C2CCN(CC3CCN(c4ccc5c(c4)C(=O)N(C4CCC(=O)NC4=O)C5=O)C3)CC2)cc1. The Morgan fingerprint density at radius 1 is 0.762 bits per heavy atom. The molecule has 63 heavy (non-hydrogen) atoms. The number of anilines is 4. The second kappa shape index (κ2) is 16.9. The van der Waals surface area contributed by atoms with Gasteiger partial charge in [-0.1, -0.05) is 12.1 Å². The molecular weight excluding hydrogens is 803 g/mol. The number of nitrogens with one attached hydrogen (secondary N) is 2. The van der Waals surface area contributed by atoms with Crippen LogP contribution in [-0.4, -0.2) is 142 Å². The van der Waals surface area contributed by atoms with E-state index in [2.05, 4.69) is 52.2 Å². The summed E-state index contributed by atoms with van der Waals surface area (Å²) < 4.78 is 0. The number of imide groups is 2. The Morgan fingerprint density at radius 2 is 1.54 bits per heavy atom. The van der Waals surface area contributed by atoms with Crippen LogP contribution >= 0.6 is 0 Å². The van der Waals surface area contributed by atoms with Crippen LogP contribution in [0.2, 0.25) is 0 Å². The summed E-state index contributed by atoms with van der Waals surface area (Å²) in [6.07, 6.45) is 10.2. The molecule has 6 saturated heterocycles. The number of fused-ring (bicyclic) bond motifs is 2. The van der Waals surface area contributed by atoms with Gasteiger partial charge in [0.25, 0.3) is 17.7 Å². The van der Waals surface area contributed by atoms with E-state index in [1.165, 1.54) is 12.0 Å². The van der Waals surface area contributed by atoms with E-state index in [0.717, 1.165) is 114 Å². The molecule has 8 heterocycles. The standard InChI is InChI=1S/C46H55N11O6/c47-41(59)40-42(50-38(23-48-40)54-17-3-5-33(26-54)56-27-34-4-1-2-18-55(34)46(56)63)49-31-8-6-29(7-9-31)30-15-19-52(20-16-30)24-28-14-21-53(25-28)32-10-11-35-36(22-32)45(62)57(44(35)61)37-12-13-39(58)51-43(37)60/h6-11,22-23,28,30,33-34,37H,1-5,12-21,24-27H2,(H2,47,59)(H,49,50)(H,51,58,60). The predicted molar refractivity (Wildman–Crippen MR) is 234 cm³/mol. The maximum Gasteiger partial charge on any atom is 0.320 e. The molecule has 7 amide bonds. The Hall–Kier alpha value is -6.10. The average Bonchev–Trinajstić information content (AvgIpc) is 3.97. The van der Waals surface area contributed by atoms with Gasteiger partial charge in [0.05, 0.1) is 29.4 Å². The van der Waals surface area contributed by atoms with Gasteiger partial charge in [-0.25, -0.2) is 14.8 Å². The zero-order chi connectivity index (χ0) is 43.4. The van der Waals surface area contributed by atoms with Gasteiger partial charge in [-0.2, -0.15) is 0 Å². The summed E-state index contributed by atoms with van der Waals surface area (Å²) in [6, 6.07) is 13.3. The molecule has 0 spiro atoms. The van der Waals surface area contributed by atoms with Gasteiger partial charge in [0.15, 0.2) is 11.5 Å². The molecule has 3 aromatic rings. The van der Waals surface area contributed by atoms with E-state index in [4.69, 9.17) is 10.7 Å². The molecule has 6 fully saturated rings. The van der Waals surface area contributed by atoms with Gasteiger partial charge in [0, 0.05) is 63.6 Å². The second-order valence-electron chi connectivity index (χ2n) is 18.4. The average molecular weight is 858 g/mol. The second-order valence-corrected chi connectivity index (χ2v) is 18.4. The lowest BCUT2D eigenvalue weighted by molar-refractivity contribution is -0.136. The fraction of sp³-hybridized carbons (Fsp3) is 0.522. The number of amides is 7. The van der Waals surface area contributed by atoms with Gasteiger partial charge < -0.3 is 35.6 Å². The molecule has 4 unspecified atom stereocenters. The molecule has 7 aliphatic rings. The van der Waals surface area contributed by atoms with Gasteiger partial charge in [-0.15, -0.1) is 0 Å². The summed E-state index contributed by atoms with van der Waals surface area (Å²) in [5, 5.41) is 5.58. The molecule has 4 atom stereocenters. The van der Waals surface area contributed by atoms with Crippen LogP contribution in [0.3, 0.4) is 0 Å². The van der Waals surface area contributed by atoms with Gasteiger partial charge in [-0.05, 0) is 119 Å². The van der Waals surface area contributed by atoms with Crippen LogP contribution in [0.25, 0.3) is 0 Å². The number of rotatable bonds is 10. The van der Waals surface area contributed by atoms with E-state index >= 15 is 0 Å². The Bertz CT molecular complexity index is 2330. The topological polar surface area (TPSA) is 198 Å². The summed E-state index contributed by atoms with van der Waals surface area (Å²) in [7, 11) is 0. The third kappa shape index (κ3) is 7.95. The van der Waals surface area contributed by atoms with Crippen LogP contribution in [0.4, 0.5) is 27.8 Å². The van der Waals surface area contributed by atoms with Gasteiger partial charge in [0.1, 0.15) is 11.9 Å². The van der Waals surface area contributed by atoms with Gasteiger partial charge in [-0.3, -0.25) is 34.2 Å². The lowest BCUT2D eigenvalue weighted by Crippen LogP contribution is -2.54. The first-order valence-corrected chi connectivity index (χ1v) is 22.8. The van der Waals surface area contributed by atoms with Crippen LogP contribution in [-0.2, 0) is 9.59 Å². The number of nitrogens with zero attached hydrogens (tertiary/aromatic N) is 8. The molecule has 0 saturated carbocycles. The molecule has 7 aliphatic heterocycles. The summed E-state index contributed by atoms with van der Waals surface area (Å²) in [5.41, 5.74) is 9.41. The summed E-state index contributed by atoms with van der Waals surface area (Å²) in [6.45, 7) is 7.80. The van der Waals surface area contributed by atoms with Gasteiger partial charge in [0.2, 0.25) is 11.8 Å². The molecule has 17 heteroatoms. The van der Waals surface area contributed by atoms with Crippen molar-refractivity contribution in [2.75, 3.05) is 74.0 Å². The van der Waals surface area contributed by atoms with Crippen molar-refractivity contribution in [2.45, 2.75) is 88.3 Å². The lowest BCUT2D eigenvalue weighted by Gasteiger charge is -2.38. The van der Waals surface area contributed by atoms with E-state index in [9.17, 15) is 28.8 Å². The van der Waals surface area contributed by atoms with E-state index in [1.54, 1.807) is 18.3 Å². The minimum atomic E-state index is -0.977. The Labute approximate surface area is 366 Å². The summed E-state index contributed by atoms with van der Waals surface area (Å²) >= 11 is 0. The molecule has 330 valence electrons. The number of likely N-dealkylation sites (tertiary alicyclic amines) is 1. The quantitative estimate of drug-likeness (QED) is 0.251. The van der Waals surface area contributed by atoms with Crippen molar-refractivity contribution in [1.82, 2.24) is 34.9 Å². The molecule has 0 aliphatic carbocycles. The monoisotopic (exact) mass is 857 g/mol. The van der Waals surface area contributed by atoms with Gasteiger partial charge >= 0.3 is 6.03 Å². The normalized spacial score (nSPS) is 25.8. The van der Waals surface area contributed by atoms with E-state index in [0.29, 0.717) is 47.2 Å².